The number of aromatic carboxylic acids is 1. The fourth-order valence-electron chi connectivity index (χ4n) is 2.14. The fourth-order valence-corrected chi connectivity index (χ4v) is 2.93. The molecule has 1 saturated carbocycles. The first-order chi connectivity index (χ1) is 11.1. The molecule has 0 unspecified atom stereocenters. The minimum atomic E-state index is -0.947. The normalized spacial score (nSPS) is 13.9. The van der Waals surface area contributed by atoms with Crippen LogP contribution in [-0.2, 0) is 17.8 Å². The van der Waals surface area contributed by atoms with Gasteiger partial charge in [0.05, 0.1) is 6.54 Å². The molecule has 0 spiro atoms. The largest absolute Gasteiger partial charge is 0.477 e. The van der Waals surface area contributed by atoms with Gasteiger partial charge in [0.15, 0.2) is 5.82 Å². The highest BCUT2D eigenvalue weighted by molar-refractivity contribution is 7.13. The maximum absolute atomic E-state index is 11.8. The molecule has 8 heteroatoms. The molecule has 0 bridgehead atoms. The maximum atomic E-state index is 11.8. The molecular formula is C15H17N3O4S. The topological polar surface area (TPSA) is 105 Å². The summed E-state index contributed by atoms with van der Waals surface area (Å²) < 4.78 is 5.16. The van der Waals surface area contributed by atoms with E-state index in [1.54, 1.807) is 12.1 Å². The number of aromatic nitrogens is 2. The van der Waals surface area contributed by atoms with E-state index >= 15 is 0 Å². The molecule has 3 rings (SSSR count). The smallest absolute Gasteiger partial charge is 0.345 e. The number of carboxylic acids is 1. The fraction of sp³-hybridized carbons (Fsp3) is 0.467. The van der Waals surface area contributed by atoms with Gasteiger partial charge in [0.25, 0.3) is 0 Å². The molecule has 2 aromatic rings. The zero-order chi connectivity index (χ0) is 16.2. The van der Waals surface area contributed by atoms with Crippen LogP contribution in [0.25, 0.3) is 0 Å². The van der Waals surface area contributed by atoms with Crippen molar-refractivity contribution in [3.63, 3.8) is 0 Å². The monoisotopic (exact) mass is 335 g/mol. The number of thiophene rings is 1. The van der Waals surface area contributed by atoms with Crippen molar-refractivity contribution in [3.05, 3.63) is 33.6 Å². The molecule has 122 valence electrons. The average molecular weight is 335 g/mol. The van der Waals surface area contributed by atoms with Crippen LogP contribution in [0.2, 0.25) is 0 Å². The lowest BCUT2D eigenvalue weighted by molar-refractivity contribution is -0.121. The van der Waals surface area contributed by atoms with E-state index in [0.29, 0.717) is 37.6 Å². The van der Waals surface area contributed by atoms with Crippen molar-refractivity contribution < 1.29 is 19.2 Å². The van der Waals surface area contributed by atoms with Crippen LogP contribution in [-0.4, -0.2) is 27.1 Å². The van der Waals surface area contributed by atoms with Gasteiger partial charge in [0.2, 0.25) is 11.8 Å². The molecule has 2 aromatic heterocycles. The molecule has 0 aromatic carbocycles. The highest BCUT2D eigenvalue weighted by atomic mass is 32.1. The highest BCUT2D eigenvalue weighted by Gasteiger charge is 2.28. The van der Waals surface area contributed by atoms with Crippen molar-refractivity contribution in [1.82, 2.24) is 15.5 Å². The number of hydrogen-bond acceptors (Lipinski definition) is 6. The van der Waals surface area contributed by atoms with Crippen LogP contribution in [0, 0.1) is 0 Å². The molecule has 2 N–H and O–H groups in total. The van der Waals surface area contributed by atoms with Crippen LogP contribution in [0.3, 0.4) is 0 Å². The Morgan fingerprint density at radius 1 is 1.39 bits per heavy atom. The summed E-state index contributed by atoms with van der Waals surface area (Å²) in [6.45, 7) is 0.350. The van der Waals surface area contributed by atoms with E-state index in [4.69, 9.17) is 9.63 Å². The summed E-state index contributed by atoms with van der Waals surface area (Å²) >= 11 is 1.17. The SMILES string of the molecule is O=C(CCCc1nc(C2CC2)no1)NCc1ccc(C(=O)O)s1. The minimum absolute atomic E-state index is 0.0720. The number of carbonyl (C=O) groups excluding carboxylic acids is 1. The van der Waals surface area contributed by atoms with E-state index in [1.807, 2.05) is 0 Å². The van der Waals surface area contributed by atoms with Gasteiger partial charge in [-0.2, -0.15) is 4.98 Å². The minimum Gasteiger partial charge on any atom is -0.477 e. The summed E-state index contributed by atoms with van der Waals surface area (Å²) in [5.74, 6) is 0.827. The number of nitrogens with zero attached hydrogens (tertiary/aromatic N) is 2. The van der Waals surface area contributed by atoms with Crippen molar-refractivity contribution in [2.75, 3.05) is 0 Å². The van der Waals surface area contributed by atoms with Crippen molar-refractivity contribution in [2.45, 2.75) is 44.6 Å². The van der Waals surface area contributed by atoms with Crippen molar-refractivity contribution in [3.8, 4) is 0 Å². The molecule has 0 atom stereocenters. The number of nitrogens with one attached hydrogen (secondary N) is 1. The summed E-state index contributed by atoms with van der Waals surface area (Å²) in [7, 11) is 0. The van der Waals surface area contributed by atoms with Crippen molar-refractivity contribution in [2.24, 2.45) is 0 Å². The summed E-state index contributed by atoms with van der Waals surface area (Å²) in [6.07, 6.45) is 3.87. The Morgan fingerprint density at radius 2 is 2.22 bits per heavy atom. The number of amides is 1. The molecule has 23 heavy (non-hydrogen) atoms. The summed E-state index contributed by atoms with van der Waals surface area (Å²) in [4.78, 5) is 28.0. The molecule has 7 nitrogen and oxygen atoms in total. The maximum Gasteiger partial charge on any atom is 0.345 e. The number of aryl methyl sites for hydroxylation is 1. The Morgan fingerprint density at radius 3 is 2.91 bits per heavy atom. The van der Waals surface area contributed by atoms with Gasteiger partial charge in [0, 0.05) is 23.6 Å². The third-order valence-electron chi connectivity index (χ3n) is 3.55. The second-order valence-corrected chi connectivity index (χ2v) is 6.69. The predicted molar refractivity (Wildman–Crippen MR) is 82.3 cm³/mol. The van der Waals surface area contributed by atoms with Gasteiger partial charge in [-0.25, -0.2) is 4.79 Å². The molecule has 1 aliphatic carbocycles. The molecular weight excluding hydrogens is 318 g/mol. The Kier molecular flexibility index (Phi) is 4.71. The summed E-state index contributed by atoms with van der Waals surface area (Å²) in [6, 6.07) is 3.26. The van der Waals surface area contributed by atoms with Gasteiger partial charge in [-0.1, -0.05) is 5.16 Å². The zero-order valence-electron chi connectivity index (χ0n) is 12.4. The molecule has 1 fully saturated rings. The molecule has 0 aliphatic heterocycles. The quantitative estimate of drug-likeness (QED) is 0.767. The first kappa shape index (κ1) is 15.7. The standard InChI is InChI=1S/C15H17N3O4S/c19-12(16-8-10-6-7-11(23-10)15(20)21)2-1-3-13-17-14(18-22-13)9-4-5-9/h6-7,9H,1-5,8H2,(H,16,19)(H,20,21). The van der Waals surface area contributed by atoms with Gasteiger partial charge in [-0.15, -0.1) is 11.3 Å². The van der Waals surface area contributed by atoms with E-state index in [1.165, 1.54) is 11.3 Å². The van der Waals surface area contributed by atoms with Crippen LogP contribution >= 0.6 is 11.3 Å². The van der Waals surface area contributed by atoms with Gasteiger partial charge in [-0.05, 0) is 31.4 Å². The van der Waals surface area contributed by atoms with Gasteiger partial charge < -0.3 is 14.9 Å². The lowest BCUT2D eigenvalue weighted by atomic mass is 10.2. The van der Waals surface area contributed by atoms with E-state index in [0.717, 1.165) is 23.5 Å². The van der Waals surface area contributed by atoms with E-state index in [2.05, 4.69) is 15.5 Å². The third kappa shape index (κ3) is 4.38. The summed E-state index contributed by atoms with van der Waals surface area (Å²) in [5, 5.41) is 15.6. The van der Waals surface area contributed by atoms with Gasteiger partial charge >= 0.3 is 5.97 Å². The van der Waals surface area contributed by atoms with E-state index in [-0.39, 0.29) is 10.8 Å². The Labute approximate surface area is 136 Å². The number of rotatable bonds is 8. The first-order valence-electron chi connectivity index (χ1n) is 7.53. The predicted octanol–water partition coefficient (Wildman–Crippen LogP) is 2.35. The first-order valence-corrected chi connectivity index (χ1v) is 8.34. The lowest BCUT2D eigenvalue weighted by Crippen LogP contribution is -2.22. The molecule has 0 radical (unpaired) electrons. The molecule has 0 saturated heterocycles. The van der Waals surface area contributed by atoms with Crippen LogP contribution in [0.4, 0.5) is 0 Å². The highest BCUT2D eigenvalue weighted by Crippen LogP contribution is 2.38. The van der Waals surface area contributed by atoms with Crippen LogP contribution in [0.5, 0.6) is 0 Å². The second-order valence-electron chi connectivity index (χ2n) is 5.52. The number of carbonyl (C=O) groups is 2. The zero-order valence-corrected chi connectivity index (χ0v) is 13.3. The number of hydrogen-bond donors (Lipinski definition) is 2. The van der Waals surface area contributed by atoms with Gasteiger partial charge in [0.1, 0.15) is 4.88 Å². The van der Waals surface area contributed by atoms with Crippen LogP contribution in [0.15, 0.2) is 16.7 Å². The van der Waals surface area contributed by atoms with Crippen LogP contribution in [0.1, 0.15) is 57.9 Å². The van der Waals surface area contributed by atoms with Gasteiger partial charge in [-0.3, -0.25) is 4.79 Å². The number of carboxylic acid groups (broad SMARTS) is 1. The van der Waals surface area contributed by atoms with E-state index < -0.39 is 5.97 Å². The Balaban J connectivity index is 1.36. The Bertz CT molecular complexity index is 705. The molecule has 2 heterocycles. The average Bonchev–Trinajstić information content (AvgIpc) is 3.08. The van der Waals surface area contributed by atoms with Crippen molar-refractivity contribution in [1.29, 1.82) is 0 Å². The van der Waals surface area contributed by atoms with Crippen LogP contribution < -0.4 is 5.32 Å². The van der Waals surface area contributed by atoms with Crippen molar-refractivity contribution >= 4 is 23.2 Å². The third-order valence-corrected chi connectivity index (χ3v) is 4.63. The second kappa shape index (κ2) is 6.91. The lowest BCUT2D eigenvalue weighted by Gasteiger charge is -2.02. The molecule has 1 aliphatic rings. The molecule has 1 amide bonds. The Hall–Kier alpha value is -2.22. The van der Waals surface area contributed by atoms with E-state index in [9.17, 15) is 9.59 Å². The summed E-state index contributed by atoms with van der Waals surface area (Å²) in [5.41, 5.74) is 0.